The molecule has 0 aliphatic heterocycles. The minimum atomic E-state index is 0. The molecule has 0 saturated carbocycles. The number of nitrogens with one attached hydrogen (secondary N) is 1. The molecule has 0 fully saturated rings. The van der Waals surface area contributed by atoms with Gasteiger partial charge in [-0.2, -0.15) is 0 Å². The maximum absolute atomic E-state index is 6.52. The van der Waals surface area contributed by atoms with Crippen LogP contribution >= 0.6 is 48.0 Å². The van der Waals surface area contributed by atoms with Gasteiger partial charge in [0.2, 0.25) is 0 Å². The summed E-state index contributed by atoms with van der Waals surface area (Å²) < 4.78 is 11.8. The van der Waals surface area contributed by atoms with Crippen molar-refractivity contribution in [2.75, 3.05) is 32.8 Å². The van der Waals surface area contributed by atoms with Crippen molar-refractivity contribution in [1.29, 1.82) is 0 Å². The number of hydrogen-bond donors (Lipinski definition) is 1. The van der Waals surface area contributed by atoms with Crippen molar-refractivity contribution in [2.24, 2.45) is 0 Å². The predicted octanol–water partition coefficient (Wildman–Crippen LogP) is 6.64. The van der Waals surface area contributed by atoms with Gasteiger partial charge in [0.25, 0.3) is 0 Å². The van der Waals surface area contributed by atoms with Crippen LogP contribution in [0.3, 0.4) is 0 Å². The monoisotopic (exact) mass is 510 g/mol. The van der Waals surface area contributed by atoms with Gasteiger partial charge in [0.15, 0.2) is 11.5 Å². The van der Waals surface area contributed by atoms with Crippen LogP contribution in [0.2, 0.25) is 10.0 Å². The predicted molar refractivity (Wildman–Crippen MR) is 137 cm³/mol. The molecule has 2 rings (SSSR count). The highest BCUT2D eigenvalue weighted by molar-refractivity contribution is 6.32. The van der Waals surface area contributed by atoms with Crippen LogP contribution in [-0.2, 0) is 13.2 Å². The van der Waals surface area contributed by atoms with Gasteiger partial charge in [-0.15, -0.1) is 24.8 Å². The first kappa shape index (κ1) is 30.1. The molecule has 1 N–H and O–H groups in total. The zero-order chi connectivity index (χ0) is 21.1. The Kier molecular flexibility index (Phi) is 16.2. The van der Waals surface area contributed by atoms with E-state index in [0.29, 0.717) is 34.8 Å². The van der Waals surface area contributed by atoms with Gasteiger partial charge in [-0.1, -0.05) is 49.2 Å². The summed E-state index contributed by atoms with van der Waals surface area (Å²) in [5.74, 6) is 1.25. The molecule has 0 unspecified atom stereocenters. The van der Waals surface area contributed by atoms with Crippen LogP contribution in [0.4, 0.5) is 0 Å². The zero-order valence-electron chi connectivity index (χ0n) is 18.5. The molecular formula is C23H34Cl4N2O2. The molecule has 2 aromatic rings. The summed E-state index contributed by atoms with van der Waals surface area (Å²) in [6, 6.07) is 11.5. The van der Waals surface area contributed by atoms with Crippen molar-refractivity contribution in [2.45, 2.75) is 40.3 Å². The standard InChI is InChI=1S/C23H32Cl2N2O2.2ClH/c1-4-27(5-2)13-7-12-26-16-19-14-21(25)23(22(15-19)28-6-3)29-17-18-8-10-20(24)11-9-18;;/h8-11,14-15,26H,4-7,12-13,16-17H2,1-3H3;2*1H. The molecule has 0 atom stereocenters. The highest BCUT2D eigenvalue weighted by Gasteiger charge is 2.13. The largest absolute Gasteiger partial charge is 0.490 e. The van der Waals surface area contributed by atoms with Crippen molar-refractivity contribution in [3.05, 3.63) is 57.6 Å². The smallest absolute Gasteiger partial charge is 0.180 e. The molecule has 31 heavy (non-hydrogen) atoms. The lowest BCUT2D eigenvalue weighted by atomic mass is 10.2. The summed E-state index contributed by atoms with van der Waals surface area (Å²) in [5.41, 5.74) is 2.10. The average molecular weight is 512 g/mol. The normalized spacial score (nSPS) is 10.4. The summed E-state index contributed by atoms with van der Waals surface area (Å²) in [7, 11) is 0. The highest BCUT2D eigenvalue weighted by Crippen LogP contribution is 2.37. The summed E-state index contributed by atoms with van der Waals surface area (Å²) in [6.07, 6.45) is 1.12. The van der Waals surface area contributed by atoms with Gasteiger partial charge >= 0.3 is 0 Å². The molecule has 4 nitrogen and oxygen atoms in total. The molecule has 0 aromatic heterocycles. The van der Waals surface area contributed by atoms with Gasteiger partial charge in [0.1, 0.15) is 6.61 Å². The average Bonchev–Trinajstić information content (AvgIpc) is 2.71. The van der Waals surface area contributed by atoms with Crippen LogP contribution in [0.15, 0.2) is 36.4 Å². The van der Waals surface area contributed by atoms with Gasteiger partial charge in [0, 0.05) is 11.6 Å². The van der Waals surface area contributed by atoms with Crippen LogP contribution in [0, 0.1) is 0 Å². The Labute approximate surface area is 209 Å². The van der Waals surface area contributed by atoms with E-state index in [1.165, 1.54) is 0 Å². The van der Waals surface area contributed by atoms with E-state index in [-0.39, 0.29) is 24.8 Å². The molecule has 2 aromatic carbocycles. The van der Waals surface area contributed by atoms with Crippen molar-refractivity contribution < 1.29 is 9.47 Å². The number of halogens is 4. The van der Waals surface area contributed by atoms with Crippen molar-refractivity contribution in [3.8, 4) is 11.5 Å². The van der Waals surface area contributed by atoms with E-state index in [9.17, 15) is 0 Å². The minimum Gasteiger partial charge on any atom is -0.490 e. The molecule has 0 amide bonds. The quantitative estimate of drug-likeness (QED) is 0.306. The first-order valence-corrected chi connectivity index (χ1v) is 11.1. The van der Waals surface area contributed by atoms with Gasteiger partial charge in [-0.05, 0) is 74.9 Å². The maximum atomic E-state index is 6.52. The third kappa shape index (κ3) is 10.5. The van der Waals surface area contributed by atoms with Crippen LogP contribution in [0.25, 0.3) is 0 Å². The fraction of sp³-hybridized carbons (Fsp3) is 0.478. The second-order valence-electron chi connectivity index (χ2n) is 6.81. The Morgan fingerprint density at radius 3 is 2.19 bits per heavy atom. The first-order chi connectivity index (χ1) is 14.1. The molecule has 8 heteroatoms. The first-order valence-electron chi connectivity index (χ1n) is 10.3. The molecule has 0 spiro atoms. The fourth-order valence-corrected chi connectivity index (χ4v) is 3.48. The summed E-state index contributed by atoms with van der Waals surface area (Å²) in [5, 5.41) is 4.75. The maximum Gasteiger partial charge on any atom is 0.180 e. The number of hydrogen-bond acceptors (Lipinski definition) is 4. The number of rotatable bonds is 13. The van der Waals surface area contributed by atoms with Crippen LogP contribution < -0.4 is 14.8 Å². The second kappa shape index (κ2) is 16.7. The Morgan fingerprint density at radius 2 is 1.58 bits per heavy atom. The summed E-state index contributed by atoms with van der Waals surface area (Å²) >= 11 is 12.5. The van der Waals surface area contributed by atoms with Crippen molar-refractivity contribution >= 4 is 48.0 Å². The lowest BCUT2D eigenvalue weighted by molar-refractivity contribution is 0.269. The van der Waals surface area contributed by atoms with E-state index in [4.69, 9.17) is 32.7 Å². The Balaban J connectivity index is 0.00000450. The molecule has 0 radical (unpaired) electrons. The Bertz CT molecular complexity index is 741. The molecule has 0 bridgehead atoms. The molecule has 176 valence electrons. The van der Waals surface area contributed by atoms with Gasteiger partial charge in [-0.25, -0.2) is 0 Å². The lowest BCUT2D eigenvalue weighted by Gasteiger charge is -2.18. The highest BCUT2D eigenvalue weighted by atomic mass is 35.5. The summed E-state index contributed by atoms with van der Waals surface area (Å²) in [4.78, 5) is 2.43. The Hall–Kier alpha value is -0.880. The van der Waals surface area contributed by atoms with E-state index in [0.717, 1.165) is 50.3 Å². The minimum absolute atomic E-state index is 0. The van der Waals surface area contributed by atoms with Crippen LogP contribution in [-0.4, -0.2) is 37.7 Å². The van der Waals surface area contributed by atoms with E-state index in [2.05, 4.69) is 24.1 Å². The van der Waals surface area contributed by atoms with Crippen molar-refractivity contribution in [3.63, 3.8) is 0 Å². The third-order valence-electron chi connectivity index (χ3n) is 4.72. The van der Waals surface area contributed by atoms with E-state index in [1.54, 1.807) is 0 Å². The fourth-order valence-electron chi connectivity index (χ4n) is 3.06. The summed E-state index contributed by atoms with van der Waals surface area (Å²) in [6.45, 7) is 12.3. The number of ether oxygens (including phenoxy) is 2. The van der Waals surface area contributed by atoms with Gasteiger partial charge in [0.05, 0.1) is 11.6 Å². The Morgan fingerprint density at radius 1 is 0.903 bits per heavy atom. The molecule has 0 aliphatic carbocycles. The zero-order valence-corrected chi connectivity index (χ0v) is 21.6. The molecule has 0 heterocycles. The van der Waals surface area contributed by atoms with Gasteiger partial charge in [-0.3, -0.25) is 0 Å². The number of nitrogens with zero attached hydrogens (tertiary/aromatic N) is 1. The van der Waals surface area contributed by atoms with E-state index in [1.807, 2.05) is 43.3 Å². The third-order valence-corrected chi connectivity index (χ3v) is 5.25. The SMILES string of the molecule is CCOc1cc(CNCCCN(CC)CC)cc(Cl)c1OCc1ccc(Cl)cc1.Cl.Cl. The van der Waals surface area contributed by atoms with Crippen LogP contribution in [0.5, 0.6) is 11.5 Å². The topological polar surface area (TPSA) is 33.7 Å². The molecule has 0 aliphatic rings. The van der Waals surface area contributed by atoms with E-state index >= 15 is 0 Å². The molecule has 0 saturated heterocycles. The van der Waals surface area contributed by atoms with Gasteiger partial charge < -0.3 is 19.7 Å². The number of benzene rings is 2. The lowest BCUT2D eigenvalue weighted by Crippen LogP contribution is -2.27. The second-order valence-corrected chi connectivity index (χ2v) is 7.65. The van der Waals surface area contributed by atoms with Crippen molar-refractivity contribution in [1.82, 2.24) is 10.2 Å². The van der Waals surface area contributed by atoms with Crippen LogP contribution in [0.1, 0.15) is 38.3 Å². The molecular weight excluding hydrogens is 478 g/mol. The van der Waals surface area contributed by atoms with E-state index < -0.39 is 0 Å².